The highest BCUT2D eigenvalue weighted by atomic mass is 15.3. The van der Waals surface area contributed by atoms with Crippen LogP contribution >= 0.6 is 0 Å². The lowest BCUT2D eigenvalue weighted by molar-refractivity contribution is 0.639. The number of rotatable bonds is 3. The van der Waals surface area contributed by atoms with Crippen LogP contribution in [0.25, 0.3) is 0 Å². The van der Waals surface area contributed by atoms with Crippen LogP contribution in [0.1, 0.15) is 11.3 Å². The molecule has 1 aromatic heterocycles. The molecule has 1 fully saturated rings. The summed E-state index contributed by atoms with van der Waals surface area (Å²) in [6.45, 7) is 5.61. The molecule has 1 aliphatic rings. The van der Waals surface area contributed by atoms with Crippen molar-refractivity contribution in [3.05, 3.63) is 41.6 Å². The van der Waals surface area contributed by atoms with Gasteiger partial charge in [-0.05, 0) is 31.2 Å². The summed E-state index contributed by atoms with van der Waals surface area (Å²) in [5.41, 5.74) is 2.84. The van der Waals surface area contributed by atoms with E-state index in [2.05, 4.69) is 25.8 Å². The largest absolute Gasteiger partial charge is 0.368 e. The number of aromatic nitrogens is 2. The second-order valence-corrected chi connectivity index (χ2v) is 6.19. The van der Waals surface area contributed by atoms with E-state index in [1.807, 2.05) is 56.3 Å². The Hall–Kier alpha value is -2.81. The Labute approximate surface area is 143 Å². The maximum Gasteiger partial charge on any atom is 0.227 e. The van der Waals surface area contributed by atoms with Crippen molar-refractivity contribution in [1.82, 2.24) is 9.97 Å². The summed E-state index contributed by atoms with van der Waals surface area (Å²) in [6, 6.07) is 11.9. The van der Waals surface area contributed by atoms with Gasteiger partial charge in [-0.3, -0.25) is 0 Å². The topological polar surface area (TPSA) is 59.3 Å². The lowest BCUT2D eigenvalue weighted by atomic mass is 10.2. The van der Waals surface area contributed by atoms with Crippen LogP contribution in [0.3, 0.4) is 0 Å². The summed E-state index contributed by atoms with van der Waals surface area (Å²) in [5.74, 6) is 1.74. The number of aryl methyl sites for hydroxylation is 1. The average molecular weight is 322 g/mol. The van der Waals surface area contributed by atoms with Crippen molar-refractivity contribution >= 4 is 17.5 Å². The molecule has 0 aliphatic carbocycles. The van der Waals surface area contributed by atoms with Crippen LogP contribution in [0.5, 0.6) is 0 Å². The van der Waals surface area contributed by atoms with Crippen molar-refractivity contribution in [3.63, 3.8) is 0 Å². The molecule has 124 valence electrons. The minimum Gasteiger partial charge on any atom is -0.368 e. The molecule has 0 unspecified atom stereocenters. The molecule has 1 aromatic carbocycles. The average Bonchev–Trinajstić information content (AvgIpc) is 2.61. The third kappa shape index (κ3) is 3.40. The van der Waals surface area contributed by atoms with Gasteiger partial charge in [0.2, 0.25) is 5.95 Å². The summed E-state index contributed by atoms with van der Waals surface area (Å²) in [6.07, 6.45) is 0. The van der Waals surface area contributed by atoms with Crippen LogP contribution in [0.2, 0.25) is 0 Å². The first-order chi connectivity index (χ1) is 11.6. The molecule has 6 heteroatoms. The van der Waals surface area contributed by atoms with Gasteiger partial charge in [0, 0.05) is 57.7 Å². The van der Waals surface area contributed by atoms with Crippen LogP contribution in [-0.4, -0.2) is 50.2 Å². The van der Waals surface area contributed by atoms with E-state index in [-0.39, 0.29) is 0 Å². The molecule has 0 amide bonds. The van der Waals surface area contributed by atoms with Gasteiger partial charge in [-0.15, -0.1) is 0 Å². The Morgan fingerprint density at radius 1 is 1.00 bits per heavy atom. The Balaban J connectivity index is 1.69. The fraction of sp³-hybridized carbons (Fsp3) is 0.389. The summed E-state index contributed by atoms with van der Waals surface area (Å²) in [7, 11) is 3.99. The molecule has 1 aliphatic heterocycles. The van der Waals surface area contributed by atoms with Gasteiger partial charge in [0.05, 0.1) is 11.6 Å². The molecule has 0 spiro atoms. The van der Waals surface area contributed by atoms with Gasteiger partial charge < -0.3 is 14.7 Å². The van der Waals surface area contributed by atoms with Gasteiger partial charge in [-0.2, -0.15) is 10.2 Å². The summed E-state index contributed by atoms with van der Waals surface area (Å²) in [4.78, 5) is 15.8. The van der Waals surface area contributed by atoms with Gasteiger partial charge in [-0.1, -0.05) is 0 Å². The number of hydrogen-bond donors (Lipinski definition) is 0. The van der Waals surface area contributed by atoms with E-state index in [0.29, 0.717) is 5.56 Å². The zero-order chi connectivity index (χ0) is 17.1. The van der Waals surface area contributed by atoms with Gasteiger partial charge in [0.15, 0.2) is 0 Å². The predicted molar refractivity (Wildman–Crippen MR) is 96.7 cm³/mol. The van der Waals surface area contributed by atoms with E-state index in [0.717, 1.165) is 49.3 Å². The number of hydrogen-bond acceptors (Lipinski definition) is 6. The zero-order valence-corrected chi connectivity index (χ0v) is 14.4. The van der Waals surface area contributed by atoms with Crippen LogP contribution < -0.4 is 14.7 Å². The highest BCUT2D eigenvalue weighted by Gasteiger charge is 2.20. The predicted octanol–water partition coefficient (Wildman–Crippen LogP) is 2.05. The van der Waals surface area contributed by atoms with Crippen LogP contribution in [0.15, 0.2) is 30.3 Å². The van der Waals surface area contributed by atoms with Gasteiger partial charge in [0.1, 0.15) is 5.82 Å². The van der Waals surface area contributed by atoms with Crippen molar-refractivity contribution in [2.45, 2.75) is 6.92 Å². The molecule has 3 rings (SSSR count). The maximum atomic E-state index is 8.90. The molecular formula is C18H22N6. The van der Waals surface area contributed by atoms with Gasteiger partial charge in [0.25, 0.3) is 0 Å². The SMILES string of the molecule is Cc1cc(N(C)C)nc(N2CCN(c3ccc(C#N)cc3)CC2)n1. The molecule has 1 saturated heterocycles. The molecule has 2 aromatic rings. The van der Waals surface area contributed by atoms with Crippen LogP contribution in [0.4, 0.5) is 17.5 Å². The summed E-state index contributed by atoms with van der Waals surface area (Å²) < 4.78 is 0. The van der Waals surface area contributed by atoms with E-state index in [1.165, 1.54) is 0 Å². The third-order valence-corrected chi connectivity index (χ3v) is 4.21. The van der Waals surface area contributed by atoms with Crippen molar-refractivity contribution in [2.75, 3.05) is 55.0 Å². The Morgan fingerprint density at radius 2 is 1.62 bits per heavy atom. The van der Waals surface area contributed by atoms with Gasteiger partial charge in [-0.25, -0.2) is 4.98 Å². The molecule has 6 nitrogen and oxygen atoms in total. The number of piperazine rings is 1. The Kier molecular flexibility index (Phi) is 4.52. The molecule has 0 bridgehead atoms. The smallest absolute Gasteiger partial charge is 0.227 e. The molecule has 0 saturated carbocycles. The van der Waals surface area contributed by atoms with E-state index < -0.39 is 0 Å². The van der Waals surface area contributed by atoms with E-state index in [1.54, 1.807) is 0 Å². The highest BCUT2D eigenvalue weighted by molar-refractivity contribution is 5.52. The van der Waals surface area contributed by atoms with E-state index in [4.69, 9.17) is 5.26 Å². The van der Waals surface area contributed by atoms with Crippen molar-refractivity contribution in [2.24, 2.45) is 0 Å². The molecule has 0 radical (unpaired) electrons. The highest BCUT2D eigenvalue weighted by Crippen LogP contribution is 2.20. The summed E-state index contributed by atoms with van der Waals surface area (Å²) >= 11 is 0. The number of benzene rings is 1. The fourth-order valence-electron chi connectivity index (χ4n) is 2.82. The molecule has 0 N–H and O–H groups in total. The van der Waals surface area contributed by atoms with Crippen LogP contribution in [0, 0.1) is 18.3 Å². The Morgan fingerprint density at radius 3 is 2.21 bits per heavy atom. The number of nitrogens with zero attached hydrogens (tertiary/aromatic N) is 6. The van der Waals surface area contributed by atoms with Gasteiger partial charge >= 0.3 is 0 Å². The molecule has 24 heavy (non-hydrogen) atoms. The van der Waals surface area contributed by atoms with E-state index >= 15 is 0 Å². The fourth-order valence-corrected chi connectivity index (χ4v) is 2.82. The standard InChI is InChI=1S/C18H22N6/c1-14-12-17(22(2)3)21-18(20-14)24-10-8-23(9-11-24)16-6-4-15(13-19)5-7-16/h4-7,12H,8-11H2,1-3H3. The van der Waals surface area contributed by atoms with Crippen LogP contribution in [-0.2, 0) is 0 Å². The first-order valence-electron chi connectivity index (χ1n) is 8.10. The molecule has 2 heterocycles. The zero-order valence-electron chi connectivity index (χ0n) is 14.4. The summed E-state index contributed by atoms with van der Waals surface area (Å²) in [5, 5.41) is 8.90. The first-order valence-corrected chi connectivity index (χ1v) is 8.10. The molecular weight excluding hydrogens is 300 g/mol. The second kappa shape index (κ2) is 6.75. The molecule has 0 atom stereocenters. The van der Waals surface area contributed by atoms with Crippen molar-refractivity contribution < 1.29 is 0 Å². The number of anilines is 3. The van der Waals surface area contributed by atoms with Crippen molar-refractivity contribution in [3.8, 4) is 6.07 Å². The van der Waals surface area contributed by atoms with Crippen molar-refractivity contribution in [1.29, 1.82) is 5.26 Å². The Bertz CT molecular complexity index is 739. The minimum absolute atomic E-state index is 0.696. The third-order valence-electron chi connectivity index (χ3n) is 4.21. The maximum absolute atomic E-state index is 8.90. The number of nitriles is 1. The first kappa shape index (κ1) is 16.1. The lowest BCUT2D eigenvalue weighted by Crippen LogP contribution is -2.47. The quantitative estimate of drug-likeness (QED) is 0.862. The van der Waals surface area contributed by atoms with E-state index in [9.17, 15) is 0 Å². The minimum atomic E-state index is 0.696. The normalized spacial score (nSPS) is 14.4. The second-order valence-electron chi connectivity index (χ2n) is 6.19. The monoisotopic (exact) mass is 322 g/mol. The lowest BCUT2D eigenvalue weighted by Gasteiger charge is -2.36.